The fourth-order valence-electron chi connectivity index (χ4n) is 2.70. The van der Waals surface area contributed by atoms with Crippen LogP contribution in [0.2, 0.25) is 10.0 Å². The van der Waals surface area contributed by atoms with Crippen LogP contribution >= 0.6 is 35.0 Å². The Morgan fingerprint density at radius 1 is 1.20 bits per heavy atom. The molecular formula is C16H23Cl2NS. The van der Waals surface area contributed by atoms with Crippen molar-refractivity contribution in [2.45, 2.75) is 49.8 Å². The van der Waals surface area contributed by atoms with Gasteiger partial charge in [0.05, 0.1) is 0 Å². The normalized spacial score (nSPS) is 18.1. The molecule has 1 N–H and O–H groups in total. The molecule has 20 heavy (non-hydrogen) atoms. The van der Waals surface area contributed by atoms with Gasteiger partial charge in [0, 0.05) is 27.1 Å². The maximum atomic E-state index is 6.26. The van der Waals surface area contributed by atoms with Gasteiger partial charge in [0.15, 0.2) is 0 Å². The number of hydrogen-bond acceptors (Lipinski definition) is 2. The number of likely N-dealkylation sites (N-methyl/N-ethyl adjacent to an activating group) is 1. The molecule has 0 amide bonds. The fourth-order valence-corrected chi connectivity index (χ4v) is 4.71. The maximum Gasteiger partial charge on any atom is 0.0453 e. The number of rotatable bonds is 6. The van der Waals surface area contributed by atoms with Crippen molar-refractivity contribution in [1.29, 1.82) is 0 Å². The molecule has 1 atom stereocenters. The van der Waals surface area contributed by atoms with Crippen LogP contribution < -0.4 is 5.32 Å². The van der Waals surface area contributed by atoms with E-state index in [0.29, 0.717) is 6.04 Å². The van der Waals surface area contributed by atoms with Crippen LogP contribution in [0, 0.1) is 0 Å². The summed E-state index contributed by atoms with van der Waals surface area (Å²) in [5.41, 5.74) is 1.07. The van der Waals surface area contributed by atoms with E-state index in [-0.39, 0.29) is 0 Å². The topological polar surface area (TPSA) is 12.0 Å². The van der Waals surface area contributed by atoms with E-state index in [1.807, 2.05) is 25.2 Å². The SMILES string of the molecule is CNC(CSC1CCCCC1)Cc1c(Cl)cccc1Cl. The lowest BCUT2D eigenvalue weighted by Crippen LogP contribution is -2.31. The highest BCUT2D eigenvalue weighted by Gasteiger charge is 2.17. The summed E-state index contributed by atoms with van der Waals surface area (Å²) in [6.45, 7) is 0. The molecule has 1 aromatic rings. The molecule has 4 heteroatoms. The Kier molecular flexibility index (Phi) is 7.03. The predicted octanol–water partition coefficient (Wildman–Crippen LogP) is 5.19. The molecule has 0 saturated heterocycles. The van der Waals surface area contributed by atoms with Gasteiger partial charge in [0.25, 0.3) is 0 Å². The summed E-state index contributed by atoms with van der Waals surface area (Å²) >= 11 is 14.6. The van der Waals surface area contributed by atoms with Gasteiger partial charge in [0.2, 0.25) is 0 Å². The molecule has 0 heterocycles. The summed E-state index contributed by atoms with van der Waals surface area (Å²) in [6.07, 6.45) is 7.88. The summed E-state index contributed by atoms with van der Waals surface area (Å²) in [6, 6.07) is 6.17. The van der Waals surface area contributed by atoms with Gasteiger partial charge in [-0.2, -0.15) is 11.8 Å². The summed E-state index contributed by atoms with van der Waals surface area (Å²) in [7, 11) is 2.02. The highest BCUT2D eigenvalue weighted by Crippen LogP contribution is 2.30. The zero-order valence-electron chi connectivity index (χ0n) is 12.0. The van der Waals surface area contributed by atoms with Crippen molar-refractivity contribution in [2.24, 2.45) is 0 Å². The van der Waals surface area contributed by atoms with Gasteiger partial charge < -0.3 is 5.32 Å². The smallest absolute Gasteiger partial charge is 0.0453 e. The first-order valence-corrected chi connectivity index (χ1v) is 9.23. The van der Waals surface area contributed by atoms with Crippen LogP contribution in [0.3, 0.4) is 0 Å². The first kappa shape index (κ1) is 16.5. The monoisotopic (exact) mass is 331 g/mol. The van der Waals surface area contributed by atoms with E-state index in [0.717, 1.165) is 33.0 Å². The third kappa shape index (κ3) is 4.84. The highest BCUT2D eigenvalue weighted by molar-refractivity contribution is 7.99. The number of nitrogens with one attached hydrogen (secondary N) is 1. The number of hydrogen-bond donors (Lipinski definition) is 1. The van der Waals surface area contributed by atoms with Crippen LogP contribution in [-0.4, -0.2) is 24.1 Å². The number of thioether (sulfide) groups is 1. The van der Waals surface area contributed by atoms with Crippen LogP contribution in [0.4, 0.5) is 0 Å². The van der Waals surface area contributed by atoms with Crippen LogP contribution in [0.1, 0.15) is 37.7 Å². The van der Waals surface area contributed by atoms with Crippen LogP contribution in [0.5, 0.6) is 0 Å². The Balaban J connectivity index is 1.88. The van der Waals surface area contributed by atoms with Gasteiger partial charge in [-0.05, 0) is 44.0 Å². The van der Waals surface area contributed by atoms with Gasteiger partial charge in [-0.3, -0.25) is 0 Å². The van der Waals surface area contributed by atoms with E-state index in [9.17, 15) is 0 Å². The lowest BCUT2D eigenvalue weighted by molar-refractivity contribution is 0.514. The van der Waals surface area contributed by atoms with Crippen molar-refractivity contribution in [3.8, 4) is 0 Å². The Morgan fingerprint density at radius 3 is 2.45 bits per heavy atom. The van der Waals surface area contributed by atoms with Crippen molar-refractivity contribution in [2.75, 3.05) is 12.8 Å². The van der Waals surface area contributed by atoms with Crippen molar-refractivity contribution < 1.29 is 0 Å². The standard InChI is InChI=1S/C16H23Cl2NS/c1-19-12(11-20-13-6-3-2-4-7-13)10-14-15(17)8-5-9-16(14)18/h5,8-9,12-13,19H,2-4,6-7,10-11H2,1H3. The third-order valence-electron chi connectivity index (χ3n) is 4.01. The van der Waals surface area contributed by atoms with Crippen molar-refractivity contribution in [1.82, 2.24) is 5.32 Å². The molecule has 1 nitrogen and oxygen atoms in total. The second-order valence-corrected chi connectivity index (χ2v) is 7.63. The molecule has 1 aliphatic carbocycles. The molecule has 1 aliphatic rings. The van der Waals surface area contributed by atoms with Gasteiger partial charge in [-0.1, -0.05) is 48.5 Å². The molecule has 0 aromatic heterocycles. The minimum atomic E-state index is 0.430. The minimum absolute atomic E-state index is 0.430. The Morgan fingerprint density at radius 2 is 1.85 bits per heavy atom. The van der Waals surface area contributed by atoms with Crippen molar-refractivity contribution in [3.05, 3.63) is 33.8 Å². The molecule has 0 bridgehead atoms. The largest absolute Gasteiger partial charge is 0.316 e. The van der Waals surface area contributed by atoms with Crippen LogP contribution in [-0.2, 0) is 6.42 Å². The van der Waals surface area contributed by atoms with E-state index < -0.39 is 0 Å². The summed E-state index contributed by atoms with van der Waals surface area (Å²) in [5.74, 6) is 1.13. The van der Waals surface area contributed by atoms with Crippen molar-refractivity contribution >= 4 is 35.0 Å². The summed E-state index contributed by atoms with van der Waals surface area (Å²) in [4.78, 5) is 0. The van der Waals surface area contributed by atoms with Crippen LogP contribution in [0.15, 0.2) is 18.2 Å². The first-order valence-electron chi connectivity index (χ1n) is 7.42. The zero-order valence-corrected chi connectivity index (χ0v) is 14.3. The second kappa shape index (κ2) is 8.53. The average molecular weight is 332 g/mol. The lowest BCUT2D eigenvalue weighted by atomic mass is 10.0. The predicted molar refractivity (Wildman–Crippen MR) is 92.3 cm³/mol. The third-order valence-corrected chi connectivity index (χ3v) is 6.25. The number of benzene rings is 1. The summed E-state index contributed by atoms with van der Waals surface area (Å²) < 4.78 is 0. The zero-order chi connectivity index (χ0) is 14.4. The first-order chi connectivity index (χ1) is 9.70. The molecule has 0 aliphatic heterocycles. The average Bonchev–Trinajstić information content (AvgIpc) is 2.47. The quantitative estimate of drug-likeness (QED) is 0.769. The molecule has 112 valence electrons. The Labute approximate surface area is 136 Å². The molecule has 2 rings (SSSR count). The van der Waals surface area contributed by atoms with Gasteiger partial charge >= 0.3 is 0 Å². The molecule has 0 spiro atoms. The Bertz CT molecular complexity index is 399. The minimum Gasteiger partial charge on any atom is -0.316 e. The Hall–Kier alpha value is 0.110. The fraction of sp³-hybridized carbons (Fsp3) is 0.625. The van der Waals surface area contributed by atoms with Gasteiger partial charge in [-0.25, -0.2) is 0 Å². The van der Waals surface area contributed by atoms with E-state index in [4.69, 9.17) is 23.2 Å². The molecule has 1 fully saturated rings. The molecule has 0 radical (unpaired) electrons. The maximum absolute atomic E-state index is 6.26. The summed E-state index contributed by atoms with van der Waals surface area (Å²) in [5, 5.41) is 5.81. The molecule has 1 aromatic carbocycles. The van der Waals surface area contributed by atoms with E-state index in [2.05, 4.69) is 17.1 Å². The van der Waals surface area contributed by atoms with Crippen molar-refractivity contribution in [3.63, 3.8) is 0 Å². The molecule has 1 unspecified atom stereocenters. The van der Waals surface area contributed by atoms with Crippen LogP contribution in [0.25, 0.3) is 0 Å². The van der Waals surface area contributed by atoms with Gasteiger partial charge in [-0.15, -0.1) is 0 Å². The highest BCUT2D eigenvalue weighted by atomic mass is 35.5. The van der Waals surface area contributed by atoms with Gasteiger partial charge in [0.1, 0.15) is 0 Å². The van der Waals surface area contributed by atoms with E-state index in [1.54, 1.807) is 0 Å². The molecule has 1 saturated carbocycles. The second-order valence-electron chi connectivity index (χ2n) is 5.48. The molecular weight excluding hydrogens is 309 g/mol. The number of halogens is 2. The van der Waals surface area contributed by atoms with E-state index in [1.165, 1.54) is 32.1 Å². The van der Waals surface area contributed by atoms with E-state index >= 15 is 0 Å². The lowest BCUT2D eigenvalue weighted by Gasteiger charge is -2.24.